The molecule has 1 fully saturated rings. The number of carbonyl (C=O) groups is 3. The summed E-state index contributed by atoms with van der Waals surface area (Å²) < 4.78 is 5.39. The molecule has 1 aliphatic rings. The van der Waals surface area contributed by atoms with Gasteiger partial charge in [-0.2, -0.15) is 5.01 Å². The Kier molecular flexibility index (Phi) is 6.60. The molecule has 0 saturated carbocycles. The van der Waals surface area contributed by atoms with Crippen LogP contribution in [0.15, 0.2) is 48.5 Å². The average Bonchev–Trinajstić information content (AvgIpc) is 2.99. The number of nitrogens with one attached hydrogen (secondary N) is 2. The van der Waals surface area contributed by atoms with Crippen LogP contribution in [-0.2, 0) is 21.7 Å². The standard InChI is InChI=1S/C23H28N4O4/c1-5-23(18-9-7-6-8-10-18)21(29)27(22(30)24-23)25-20(28)15-26(3)14-17-13-16(2)11-12-19(17)31-4/h6-13H,5,14-15H2,1-4H3,(H,24,30)(H,25,28)/t23-/m1/s1. The van der Waals surface area contributed by atoms with Gasteiger partial charge in [-0.25, -0.2) is 4.79 Å². The molecule has 164 valence electrons. The zero-order valence-corrected chi connectivity index (χ0v) is 18.3. The first-order valence-corrected chi connectivity index (χ1v) is 10.1. The van der Waals surface area contributed by atoms with Crippen molar-refractivity contribution in [3.63, 3.8) is 0 Å². The van der Waals surface area contributed by atoms with Crippen LogP contribution >= 0.6 is 0 Å². The normalized spacial score (nSPS) is 18.3. The number of methoxy groups -OCH3 is 1. The number of imide groups is 1. The summed E-state index contributed by atoms with van der Waals surface area (Å²) in [5.41, 5.74) is 3.98. The molecule has 1 heterocycles. The minimum absolute atomic E-state index is 0.00137. The number of hydrogen-bond donors (Lipinski definition) is 2. The van der Waals surface area contributed by atoms with E-state index in [4.69, 9.17) is 4.74 Å². The van der Waals surface area contributed by atoms with Crippen LogP contribution in [0.4, 0.5) is 4.79 Å². The highest BCUT2D eigenvalue weighted by Gasteiger charge is 2.52. The van der Waals surface area contributed by atoms with Crippen molar-refractivity contribution in [3.8, 4) is 5.75 Å². The third kappa shape index (κ3) is 4.54. The number of hydrogen-bond acceptors (Lipinski definition) is 5. The van der Waals surface area contributed by atoms with E-state index in [9.17, 15) is 14.4 Å². The monoisotopic (exact) mass is 424 g/mol. The van der Waals surface area contributed by atoms with Gasteiger partial charge >= 0.3 is 6.03 Å². The van der Waals surface area contributed by atoms with Crippen LogP contribution in [0.25, 0.3) is 0 Å². The zero-order chi connectivity index (χ0) is 22.6. The highest BCUT2D eigenvalue weighted by atomic mass is 16.5. The molecule has 0 bridgehead atoms. The molecular weight excluding hydrogens is 396 g/mol. The first-order valence-electron chi connectivity index (χ1n) is 10.1. The molecule has 31 heavy (non-hydrogen) atoms. The molecule has 2 aromatic rings. The van der Waals surface area contributed by atoms with E-state index in [-0.39, 0.29) is 6.54 Å². The fourth-order valence-corrected chi connectivity index (χ4v) is 3.82. The number of urea groups is 1. The van der Waals surface area contributed by atoms with Gasteiger partial charge in [0.05, 0.1) is 13.7 Å². The molecule has 1 atom stereocenters. The van der Waals surface area contributed by atoms with Crippen molar-refractivity contribution in [1.29, 1.82) is 0 Å². The predicted octanol–water partition coefficient (Wildman–Crippen LogP) is 2.32. The molecule has 0 unspecified atom stereocenters. The second kappa shape index (κ2) is 9.18. The quantitative estimate of drug-likeness (QED) is 0.635. The molecule has 0 aliphatic carbocycles. The molecule has 0 aromatic heterocycles. The highest BCUT2D eigenvalue weighted by Crippen LogP contribution is 2.31. The van der Waals surface area contributed by atoms with E-state index < -0.39 is 23.4 Å². The molecule has 3 rings (SSSR count). The summed E-state index contributed by atoms with van der Waals surface area (Å²) in [6, 6.07) is 14.2. The lowest BCUT2D eigenvalue weighted by atomic mass is 9.87. The number of ether oxygens (including phenoxy) is 1. The van der Waals surface area contributed by atoms with Crippen molar-refractivity contribution in [2.45, 2.75) is 32.4 Å². The molecule has 4 amide bonds. The summed E-state index contributed by atoms with van der Waals surface area (Å²) in [6.45, 7) is 4.28. The number of benzene rings is 2. The van der Waals surface area contributed by atoms with Gasteiger partial charge in [-0.3, -0.25) is 19.9 Å². The van der Waals surface area contributed by atoms with E-state index in [2.05, 4.69) is 10.7 Å². The number of likely N-dealkylation sites (N-methyl/N-ethyl adjacent to an activating group) is 1. The first kappa shape index (κ1) is 22.3. The highest BCUT2D eigenvalue weighted by molar-refractivity contribution is 6.08. The van der Waals surface area contributed by atoms with Gasteiger partial charge in [0.2, 0.25) is 0 Å². The SMILES string of the molecule is CC[C@]1(c2ccccc2)NC(=O)N(NC(=O)CN(C)Cc2cc(C)ccc2OC)C1=O. The van der Waals surface area contributed by atoms with Crippen LogP contribution in [0, 0.1) is 6.92 Å². The first-order chi connectivity index (χ1) is 14.8. The van der Waals surface area contributed by atoms with Crippen LogP contribution in [0.5, 0.6) is 5.75 Å². The molecule has 2 aromatic carbocycles. The molecule has 0 spiro atoms. The van der Waals surface area contributed by atoms with E-state index in [1.54, 1.807) is 31.2 Å². The topological polar surface area (TPSA) is 91.0 Å². The van der Waals surface area contributed by atoms with Gasteiger partial charge in [-0.1, -0.05) is 55.0 Å². The number of amides is 4. The van der Waals surface area contributed by atoms with E-state index in [1.165, 1.54) is 0 Å². The van der Waals surface area contributed by atoms with E-state index in [0.29, 0.717) is 18.5 Å². The maximum Gasteiger partial charge on any atom is 0.344 e. The number of nitrogens with zero attached hydrogens (tertiary/aromatic N) is 2. The summed E-state index contributed by atoms with van der Waals surface area (Å²) in [5, 5.41) is 3.52. The lowest BCUT2D eigenvalue weighted by Crippen LogP contribution is -2.50. The Labute approximate surface area is 182 Å². The van der Waals surface area contributed by atoms with Gasteiger partial charge in [0.15, 0.2) is 0 Å². The van der Waals surface area contributed by atoms with Gasteiger partial charge in [-0.15, -0.1) is 0 Å². The molecule has 1 saturated heterocycles. The number of carbonyl (C=O) groups excluding carboxylic acids is 3. The second-order valence-electron chi connectivity index (χ2n) is 7.72. The lowest BCUT2D eigenvalue weighted by Gasteiger charge is -2.25. The molecule has 2 N–H and O–H groups in total. The summed E-state index contributed by atoms with van der Waals surface area (Å²) in [5.74, 6) is -0.220. The fourth-order valence-electron chi connectivity index (χ4n) is 3.82. The summed E-state index contributed by atoms with van der Waals surface area (Å²) in [6.07, 6.45) is 0.362. The average molecular weight is 425 g/mol. The maximum absolute atomic E-state index is 13.1. The van der Waals surface area contributed by atoms with Crippen LogP contribution in [0.1, 0.15) is 30.0 Å². The summed E-state index contributed by atoms with van der Waals surface area (Å²) >= 11 is 0. The summed E-state index contributed by atoms with van der Waals surface area (Å²) in [4.78, 5) is 40.0. The third-order valence-electron chi connectivity index (χ3n) is 5.41. The van der Waals surface area contributed by atoms with Crippen molar-refractivity contribution in [1.82, 2.24) is 20.7 Å². The van der Waals surface area contributed by atoms with Crippen molar-refractivity contribution in [2.75, 3.05) is 20.7 Å². The minimum Gasteiger partial charge on any atom is -0.496 e. The maximum atomic E-state index is 13.1. The Morgan fingerprint density at radius 1 is 1.19 bits per heavy atom. The summed E-state index contributed by atoms with van der Waals surface area (Å²) in [7, 11) is 3.39. The third-order valence-corrected chi connectivity index (χ3v) is 5.41. The van der Waals surface area contributed by atoms with E-state index in [1.807, 2.05) is 50.2 Å². The second-order valence-corrected chi connectivity index (χ2v) is 7.72. The Hall–Kier alpha value is -3.39. The Bertz CT molecular complexity index is 979. The molecule has 8 heteroatoms. The van der Waals surface area contributed by atoms with Crippen LogP contribution in [-0.4, -0.2) is 48.5 Å². The predicted molar refractivity (Wildman–Crippen MR) is 116 cm³/mol. The molecule has 8 nitrogen and oxygen atoms in total. The Morgan fingerprint density at radius 2 is 1.90 bits per heavy atom. The van der Waals surface area contributed by atoms with Crippen LogP contribution in [0.2, 0.25) is 0 Å². The smallest absolute Gasteiger partial charge is 0.344 e. The largest absolute Gasteiger partial charge is 0.496 e. The Morgan fingerprint density at radius 3 is 2.55 bits per heavy atom. The van der Waals surface area contributed by atoms with Gasteiger partial charge in [-0.05, 0) is 32.0 Å². The van der Waals surface area contributed by atoms with Gasteiger partial charge in [0, 0.05) is 12.1 Å². The molecule has 1 aliphatic heterocycles. The minimum atomic E-state index is -1.19. The van der Waals surface area contributed by atoms with Gasteiger partial charge in [0.25, 0.3) is 11.8 Å². The van der Waals surface area contributed by atoms with Crippen molar-refractivity contribution in [3.05, 3.63) is 65.2 Å². The van der Waals surface area contributed by atoms with Crippen molar-refractivity contribution < 1.29 is 19.1 Å². The van der Waals surface area contributed by atoms with Crippen molar-refractivity contribution in [2.24, 2.45) is 0 Å². The lowest BCUT2D eigenvalue weighted by molar-refractivity contribution is -0.139. The van der Waals surface area contributed by atoms with E-state index in [0.717, 1.165) is 21.9 Å². The molecular formula is C23H28N4O4. The van der Waals surface area contributed by atoms with Gasteiger partial charge in [0.1, 0.15) is 11.3 Å². The molecule has 0 radical (unpaired) electrons. The zero-order valence-electron chi connectivity index (χ0n) is 18.3. The number of aryl methyl sites for hydroxylation is 1. The van der Waals surface area contributed by atoms with E-state index >= 15 is 0 Å². The van der Waals surface area contributed by atoms with Gasteiger partial charge < -0.3 is 10.1 Å². The Balaban J connectivity index is 1.67. The number of hydrazine groups is 1. The number of rotatable bonds is 8. The van der Waals surface area contributed by atoms with Crippen molar-refractivity contribution >= 4 is 17.8 Å². The van der Waals surface area contributed by atoms with Crippen LogP contribution in [0.3, 0.4) is 0 Å². The van der Waals surface area contributed by atoms with Crippen LogP contribution < -0.4 is 15.5 Å². The fraction of sp³-hybridized carbons (Fsp3) is 0.348.